The second-order valence-electron chi connectivity index (χ2n) is 7.20. The Labute approximate surface area is 178 Å². The summed E-state index contributed by atoms with van der Waals surface area (Å²) < 4.78 is 5.30. The monoisotopic (exact) mass is 404 g/mol. The zero-order valence-corrected chi connectivity index (χ0v) is 17.5. The molecule has 2 aromatic rings. The van der Waals surface area contributed by atoms with Crippen LogP contribution in [0.4, 0.5) is 5.69 Å². The van der Waals surface area contributed by atoms with E-state index in [0.29, 0.717) is 44.8 Å². The molecular formula is C25H28N2O3. The lowest BCUT2D eigenvalue weighted by atomic mass is 10.1. The molecule has 30 heavy (non-hydrogen) atoms. The van der Waals surface area contributed by atoms with E-state index in [0.717, 1.165) is 24.1 Å². The fourth-order valence-electron chi connectivity index (χ4n) is 3.26. The number of hydrogen-bond acceptors (Lipinski definition) is 3. The molecule has 2 amide bonds. The summed E-state index contributed by atoms with van der Waals surface area (Å²) in [4.78, 5) is 28.7. The van der Waals surface area contributed by atoms with Gasteiger partial charge in [0.25, 0.3) is 5.91 Å². The normalized spacial score (nSPS) is 13.3. The molecule has 1 aliphatic rings. The van der Waals surface area contributed by atoms with Crippen LogP contribution in [0.5, 0.6) is 0 Å². The summed E-state index contributed by atoms with van der Waals surface area (Å²) in [5.41, 5.74) is 2.34. The molecule has 0 spiro atoms. The van der Waals surface area contributed by atoms with Crippen LogP contribution in [-0.2, 0) is 9.53 Å². The summed E-state index contributed by atoms with van der Waals surface area (Å²) >= 11 is 0. The van der Waals surface area contributed by atoms with Crippen LogP contribution in [0, 0.1) is 11.8 Å². The maximum absolute atomic E-state index is 12.6. The minimum Gasteiger partial charge on any atom is -0.378 e. The smallest absolute Gasteiger partial charge is 0.254 e. The number of carbonyl (C=O) groups excluding carboxylic acids is 2. The van der Waals surface area contributed by atoms with Crippen LogP contribution in [0.1, 0.15) is 42.1 Å². The van der Waals surface area contributed by atoms with Crippen LogP contribution in [-0.4, -0.2) is 49.6 Å². The number of morpholine rings is 1. The Morgan fingerprint density at radius 1 is 1.03 bits per heavy atom. The van der Waals surface area contributed by atoms with E-state index in [1.54, 1.807) is 4.90 Å². The number of hydrogen-bond donors (Lipinski definition) is 0. The first kappa shape index (κ1) is 21.6. The molecule has 0 aromatic heterocycles. The Kier molecular flexibility index (Phi) is 8.05. The van der Waals surface area contributed by atoms with Gasteiger partial charge in [0.15, 0.2) is 0 Å². The molecule has 2 aromatic carbocycles. The molecule has 5 nitrogen and oxygen atoms in total. The fraction of sp³-hybridized carbons (Fsp3) is 0.360. The second kappa shape index (κ2) is 11.2. The van der Waals surface area contributed by atoms with Crippen LogP contribution in [0.2, 0.25) is 0 Å². The van der Waals surface area contributed by atoms with Gasteiger partial charge in [0, 0.05) is 36.3 Å². The van der Waals surface area contributed by atoms with Gasteiger partial charge in [-0.3, -0.25) is 9.59 Å². The lowest BCUT2D eigenvalue weighted by Gasteiger charge is -2.26. The number of anilines is 1. The number of carbonyl (C=O) groups is 2. The van der Waals surface area contributed by atoms with Crippen LogP contribution >= 0.6 is 0 Å². The predicted molar refractivity (Wildman–Crippen MR) is 118 cm³/mol. The summed E-state index contributed by atoms with van der Waals surface area (Å²) in [6.45, 7) is 4.84. The second-order valence-corrected chi connectivity index (χ2v) is 7.20. The molecule has 0 atom stereocenters. The minimum atomic E-state index is 0.0228. The average molecular weight is 405 g/mol. The van der Waals surface area contributed by atoms with Crippen molar-refractivity contribution in [3.05, 3.63) is 65.7 Å². The van der Waals surface area contributed by atoms with Crippen molar-refractivity contribution in [3.8, 4) is 11.8 Å². The van der Waals surface area contributed by atoms with E-state index in [2.05, 4.69) is 18.8 Å². The molecule has 1 aliphatic heterocycles. The van der Waals surface area contributed by atoms with E-state index in [4.69, 9.17) is 4.74 Å². The van der Waals surface area contributed by atoms with Gasteiger partial charge in [0.05, 0.1) is 19.8 Å². The van der Waals surface area contributed by atoms with Gasteiger partial charge < -0.3 is 14.5 Å². The number of para-hydroxylation sites is 1. The number of rotatable bonds is 6. The molecule has 156 valence electrons. The first-order valence-corrected chi connectivity index (χ1v) is 10.5. The van der Waals surface area contributed by atoms with E-state index in [-0.39, 0.29) is 11.8 Å². The fourth-order valence-corrected chi connectivity index (χ4v) is 3.26. The third kappa shape index (κ3) is 5.95. The Bertz CT molecular complexity index is 891. The molecule has 0 unspecified atom stereocenters. The highest BCUT2D eigenvalue weighted by Crippen LogP contribution is 2.15. The third-order valence-corrected chi connectivity index (χ3v) is 5.01. The van der Waals surface area contributed by atoms with Crippen molar-refractivity contribution >= 4 is 17.5 Å². The summed E-state index contributed by atoms with van der Waals surface area (Å²) in [5, 5.41) is 0. The van der Waals surface area contributed by atoms with E-state index in [1.807, 2.05) is 59.5 Å². The SMILES string of the molecule is CCCCC(=O)N(CC#Cc1ccc(C(=O)N2CCOCC2)cc1)c1ccccc1. The zero-order chi connectivity index (χ0) is 21.2. The summed E-state index contributed by atoms with van der Waals surface area (Å²) in [6.07, 6.45) is 2.37. The van der Waals surface area contributed by atoms with Crippen molar-refractivity contribution in [2.24, 2.45) is 0 Å². The maximum Gasteiger partial charge on any atom is 0.254 e. The zero-order valence-electron chi connectivity index (χ0n) is 17.5. The Hall–Kier alpha value is -3.10. The lowest BCUT2D eigenvalue weighted by molar-refractivity contribution is -0.118. The van der Waals surface area contributed by atoms with Crippen molar-refractivity contribution in [3.63, 3.8) is 0 Å². The minimum absolute atomic E-state index is 0.0228. The molecule has 1 fully saturated rings. The molecule has 1 heterocycles. The number of nitrogens with zero attached hydrogens (tertiary/aromatic N) is 2. The van der Waals surface area contributed by atoms with E-state index >= 15 is 0 Å². The largest absolute Gasteiger partial charge is 0.378 e. The van der Waals surface area contributed by atoms with Crippen molar-refractivity contribution in [2.45, 2.75) is 26.2 Å². The summed E-state index contributed by atoms with van der Waals surface area (Å²) in [6, 6.07) is 17.0. The topological polar surface area (TPSA) is 49.9 Å². The summed E-state index contributed by atoms with van der Waals surface area (Å²) in [7, 11) is 0. The predicted octanol–water partition coefficient (Wildman–Crippen LogP) is 3.73. The molecule has 0 aliphatic carbocycles. The van der Waals surface area contributed by atoms with Crippen molar-refractivity contribution in [1.82, 2.24) is 4.90 Å². The third-order valence-electron chi connectivity index (χ3n) is 5.01. The van der Waals surface area contributed by atoms with Crippen molar-refractivity contribution in [2.75, 3.05) is 37.7 Å². The number of unbranched alkanes of at least 4 members (excludes halogenated alkanes) is 1. The van der Waals surface area contributed by atoms with E-state index in [1.165, 1.54) is 0 Å². The maximum atomic E-state index is 12.6. The number of amides is 2. The van der Waals surface area contributed by atoms with Crippen LogP contribution in [0.15, 0.2) is 54.6 Å². The van der Waals surface area contributed by atoms with Gasteiger partial charge in [0.2, 0.25) is 5.91 Å². The van der Waals surface area contributed by atoms with Gasteiger partial charge in [-0.1, -0.05) is 43.4 Å². The Morgan fingerprint density at radius 2 is 1.73 bits per heavy atom. The van der Waals surface area contributed by atoms with E-state index in [9.17, 15) is 9.59 Å². The number of benzene rings is 2. The van der Waals surface area contributed by atoms with Gasteiger partial charge in [-0.2, -0.15) is 0 Å². The Balaban J connectivity index is 1.65. The number of ether oxygens (including phenoxy) is 1. The van der Waals surface area contributed by atoms with Crippen molar-refractivity contribution < 1.29 is 14.3 Å². The first-order valence-electron chi connectivity index (χ1n) is 10.5. The highest BCUT2D eigenvalue weighted by atomic mass is 16.5. The molecule has 5 heteroatoms. The average Bonchev–Trinajstić information content (AvgIpc) is 2.81. The highest BCUT2D eigenvalue weighted by Gasteiger charge is 2.18. The Morgan fingerprint density at radius 3 is 2.40 bits per heavy atom. The van der Waals surface area contributed by atoms with E-state index < -0.39 is 0 Å². The molecular weight excluding hydrogens is 376 g/mol. The van der Waals surface area contributed by atoms with Crippen molar-refractivity contribution in [1.29, 1.82) is 0 Å². The molecule has 1 saturated heterocycles. The van der Waals surface area contributed by atoms with Crippen LogP contribution < -0.4 is 4.90 Å². The van der Waals surface area contributed by atoms with Gasteiger partial charge in [-0.25, -0.2) is 0 Å². The van der Waals surface area contributed by atoms with Gasteiger partial charge in [-0.15, -0.1) is 0 Å². The van der Waals surface area contributed by atoms with Crippen LogP contribution in [0.3, 0.4) is 0 Å². The molecule has 0 N–H and O–H groups in total. The quantitative estimate of drug-likeness (QED) is 0.690. The van der Waals surface area contributed by atoms with Gasteiger partial charge in [-0.05, 0) is 42.8 Å². The first-order chi connectivity index (χ1) is 14.7. The molecule has 0 saturated carbocycles. The molecule has 0 bridgehead atoms. The van der Waals surface area contributed by atoms with Crippen LogP contribution in [0.25, 0.3) is 0 Å². The highest BCUT2D eigenvalue weighted by molar-refractivity contribution is 5.94. The standard InChI is InChI=1S/C25H28N2O3/c1-2-3-11-24(28)27(23-9-5-4-6-10-23)16-7-8-21-12-14-22(15-13-21)25(29)26-17-19-30-20-18-26/h4-6,9-10,12-15H,2-3,11,16-20H2,1H3. The van der Waals surface area contributed by atoms with Gasteiger partial charge >= 0.3 is 0 Å². The lowest BCUT2D eigenvalue weighted by Crippen LogP contribution is -2.40. The van der Waals surface area contributed by atoms with Gasteiger partial charge in [0.1, 0.15) is 0 Å². The molecule has 0 radical (unpaired) electrons. The molecule has 3 rings (SSSR count). The summed E-state index contributed by atoms with van der Waals surface area (Å²) in [5.74, 6) is 6.34.